The maximum Gasteiger partial charge on any atom is 0.123 e. The van der Waals surface area contributed by atoms with Gasteiger partial charge in [-0.3, -0.25) is 0 Å². The van der Waals surface area contributed by atoms with Crippen molar-refractivity contribution in [3.63, 3.8) is 0 Å². The Balaban J connectivity index is 0.981. The molecule has 14 aromatic rings. The van der Waals surface area contributed by atoms with Crippen molar-refractivity contribution in [1.82, 2.24) is 9.13 Å². The summed E-state index contributed by atoms with van der Waals surface area (Å²) < 4.78 is 33.8. The highest BCUT2D eigenvalue weighted by Crippen LogP contribution is 2.49. The number of fused-ring (bicyclic) bond motifs is 6. The molecule has 12 aromatic carbocycles. The van der Waals surface area contributed by atoms with Gasteiger partial charge in [-0.25, -0.2) is 8.78 Å². The van der Waals surface area contributed by atoms with E-state index < -0.39 is 0 Å². The number of hydrogen-bond acceptors (Lipinski definition) is 2. The Hall–Kier alpha value is -8.61. The number of benzene rings is 12. The molecule has 0 aliphatic carbocycles. The summed E-state index contributed by atoms with van der Waals surface area (Å²) in [5, 5.41) is 9.56. The molecule has 0 saturated heterocycles. The van der Waals surface area contributed by atoms with E-state index in [0.717, 1.165) is 110 Å². The highest BCUT2D eigenvalue weighted by Gasteiger charge is 2.26. The SMILES string of the molecule is [B]c1c([B])c([B])c(-n2c3ccccc3c3cc(N(c4ccc(F)cc4)c4ccc5ccc6c(N(c7ccc(F)cc7)c7ccc8c(c7)c7ccccc7n8-c7c([B])c([B])c([B])c([B])c7[B])ccc7ccc4c5c76)ccc32)c([B])c1[B]. The molecule has 350 valence electrons. The van der Waals surface area contributed by atoms with Gasteiger partial charge in [0.2, 0.25) is 0 Å². The van der Waals surface area contributed by atoms with Crippen LogP contribution < -0.4 is 64.4 Å². The van der Waals surface area contributed by atoms with Gasteiger partial charge >= 0.3 is 0 Å². The predicted molar refractivity (Wildman–Crippen MR) is 342 cm³/mol. The van der Waals surface area contributed by atoms with Crippen LogP contribution in [0.2, 0.25) is 0 Å². The summed E-state index contributed by atoms with van der Waals surface area (Å²) in [6.07, 6.45) is 0. The lowest BCUT2D eigenvalue weighted by Gasteiger charge is -2.29. The second kappa shape index (κ2) is 18.5. The van der Waals surface area contributed by atoms with Crippen LogP contribution in [0.5, 0.6) is 0 Å². The Kier molecular flexibility index (Phi) is 11.5. The van der Waals surface area contributed by atoms with E-state index in [2.05, 4.69) is 70.5 Å². The number of para-hydroxylation sites is 2. The molecule has 2 heterocycles. The first-order valence-electron chi connectivity index (χ1n) is 25.6. The van der Waals surface area contributed by atoms with Crippen molar-refractivity contribution < 1.29 is 8.78 Å². The minimum atomic E-state index is -0.366. The first-order valence-corrected chi connectivity index (χ1v) is 25.6. The maximum atomic E-state index is 14.9. The van der Waals surface area contributed by atoms with Crippen LogP contribution >= 0.6 is 0 Å². The van der Waals surface area contributed by atoms with Crippen molar-refractivity contribution in [2.45, 2.75) is 0 Å². The summed E-state index contributed by atoms with van der Waals surface area (Å²) >= 11 is 0. The molecule has 0 atom stereocenters. The molecule has 0 saturated carbocycles. The number of anilines is 6. The Morgan fingerprint density at radius 1 is 0.275 bits per heavy atom. The summed E-state index contributed by atoms with van der Waals surface area (Å²) in [4.78, 5) is 4.29. The second-order valence-corrected chi connectivity index (χ2v) is 20.2. The van der Waals surface area contributed by atoms with Crippen LogP contribution in [0.1, 0.15) is 0 Å². The van der Waals surface area contributed by atoms with Gasteiger partial charge in [-0.15, -0.1) is 32.8 Å². The van der Waals surface area contributed by atoms with E-state index in [9.17, 15) is 8.78 Å². The Morgan fingerprint density at radius 3 is 0.963 bits per heavy atom. The number of rotatable bonds is 8. The van der Waals surface area contributed by atoms with Gasteiger partial charge in [-0.05, 0) is 131 Å². The zero-order valence-electron chi connectivity index (χ0n) is 42.6. The van der Waals surface area contributed by atoms with Crippen molar-refractivity contribution in [2.24, 2.45) is 0 Å². The van der Waals surface area contributed by atoms with Crippen LogP contribution in [0, 0.1) is 11.6 Å². The zero-order chi connectivity index (χ0) is 55.2. The second-order valence-electron chi connectivity index (χ2n) is 20.2. The fraction of sp³-hybridized carbons (Fsp3) is 0. The molecule has 14 rings (SSSR count). The third-order valence-corrected chi connectivity index (χ3v) is 15.9. The number of hydrogen-bond donors (Lipinski definition) is 0. The summed E-state index contributed by atoms with van der Waals surface area (Å²) in [7, 11) is 65.1. The number of halogens is 2. The van der Waals surface area contributed by atoms with Crippen molar-refractivity contribution in [1.29, 1.82) is 0 Å². The normalized spacial score (nSPS) is 11.9. The lowest BCUT2D eigenvalue weighted by atomic mass is 9.61. The van der Waals surface area contributed by atoms with E-state index in [1.807, 2.05) is 81.9 Å². The lowest BCUT2D eigenvalue weighted by molar-refractivity contribution is 0.627. The highest BCUT2D eigenvalue weighted by molar-refractivity contribution is 6.69. The van der Waals surface area contributed by atoms with E-state index in [1.165, 1.54) is 24.3 Å². The molecule has 0 N–H and O–H groups in total. The molecule has 0 fully saturated rings. The summed E-state index contributed by atoms with van der Waals surface area (Å²) in [5.41, 5.74) is 10.5. The lowest BCUT2D eigenvalue weighted by Crippen LogP contribution is -2.56. The van der Waals surface area contributed by atoms with Gasteiger partial charge in [-0.2, -0.15) is 0 Å². The van der Waals surface area contributed by atoms with Crippen LogP contribution in [-0.4, -0.2) is 87.6 Å². The van der Waals surface area contributed by atoms with Gasteiger partial charge in [0.25, 0.3) is 0 Å². The third kappa shape index (κ3) is 7.26. The first-order chi connectivity index (χ1) is 38.7. The molecule has 4 nitrogen and oxygen atoms in total. The Morgan fingerprint density at radius 2 is 0.588 bits per heavy atom. The van der Waals surface area contributed by atoms with Gasteiger partial charge in [0.05, 0.1) is 33.4 Å². The largest absolute Gasteiger partial charge is 0.310 e. The summed E-state index contributed by atoms with van der Waals surface area (Å²) in [5.74, 6) is -0.732. The standard InChI is InChI=1S/C64H30B10F2N4/c65-53-55(67)59(71)63(60(72)56(53)68)79-45-7-3-1-5-39(45)43-29-37(21-27-49(43)79)77(35-17-13-33(75)14-18-35)47-25-11-31-10-24-42-48(26-12-32-9-23-41(47)51(31)52(32)42)78(36-19-15-34(76)16-20-36)38-22-28-50-44(30-38)40-6-2-4-8-46(40)80(50)64-61(73)57(69)54(66)58(70)62(64)74/h1-30H. The molecule has 0 bridgehead atoms. The summed E-state index contributed by atoms with van der Waals surface area (Å²) in [6, 6.07) is 58.1. The smallest absolute Gasteiger partial charge is 0.123 e. The van der Waals surface area contributed by atoms with E-state index in [0.29, 0.717) is 11.4 Å². The predicted octanol–water partition coefficient (Wildman–Crippen LogP) is 5.93. The van der Waals surface area contributed by atoms with Gasteiger partial charge in [-0.1, -0.05) is 94.6 Å². The molecule has 20 radical (unpaired) electrons. The van der Waals surface area contributed by atoms with Crippen LogP contribution in [0.4, 0.5) is 42.9 Å². The third-order valence-electron chi connectivity index (χ3n) is 15.9. The topological polar surface area (TPSA) is 16.3 Å². The Bertz CT molecular complexity index is 4580. The van der Waals surface area contributed by atoms with Gasteiger partial charge in [0.15, 0.2) is 0 Å². The van der Waals surface area contributed by atoms with E-state index in [1.54, 1.807) is 24.3 Å². The molecule has 0 aliphatic heterocycles. The number of aromatic nitrogens is 2. The van der Waals surface area contributed by atoms with Crippen molar-refractivity contribution >= 4 is 243 Å². The van der Waals surface area contributed by atoms with Gasteiger partial charge in [0.1, 0.15) is 90.1 Å². The van der Waals surface area contributed by atoms with E-state index in [-0.39, 0.29) is 66.3 Å². The van der Waals surface area contributed by atoms with Gasteiger partial charge in [0, 0.05) is 66.4 Å². The molecular weight excluding hydrogens is 971 g/mol. The molecule has 2 aromatic heterocycles. The van der Waals surface area contributed by atoms with Crippen molar-refractivity contribution in [3.8, 4) is 11.4 Å². The molecule has 0 aliphatic rings. The molecule has 80 heavy (non-hydrogen) atoms. The van der Waals surface area contributed by atoms with Crippen LogP contribution in [0.25, 0.3) is 87.3 Å². The molecule has 0 spiro atoms. The van der Waals surface area contributed by atoms with E-state index >= 15 is 0 Å². The zero-order valence-corrected chi connectivity index (χ0v) is 42.6. The quantitative estimate of drug-likeness (QED) is 0.139. The monoisotopic (exact) mass is 1000 g/mol. The minimum absolute atomic E-state index is 0.127. The molecule has 0 unspecified atom stereocenters. The van der Waals surface area contributed by atoms with Crippen LogP contribution in [0.15, 0.2) is 182 Å². The number of nitrogens with zero attached hydrogens (tertiary/aromatic N) is 4. The van der Waals surface area contributed by atoms with Crippen LogP contribution in [-0.2, 0) is 0 Å². The van der Waals surface area contributed by atoms with E-state index in [4.69, 9.17) is 78.5 Å². The highest BCUT2D eigenvalue weighted by atomic mass is 19.1. The fourth-order valence-electron chi connectivity index (χ4n) is 12.0. The summed E-state index contributed by atoms with van der Waals surface area (Å²) in [6.45, 7) is 0. The molecule has 16 heteroatoms. The van der Waals surface area contributed by atoms with Crippen molar-refractivity contribution in [3.05, 3.63) is 194 Å². The Labute approximate surface area is 473 Å². The average molecular weight is 1000 g/mol. The fourth-order valence-corrected chi connectivity index (χ4v) is 12.0. The van der Waals surface area contributed by atoms with Crippen molar-refractivity contribution in [2.75, 3.05) is 9.80 Å². The minimum Gasteiger partial charge on any atom is -0.310 e. The average Bonchev–Trinajstić information content (AvgIpc) is 4.17. The molecule has 0 amide bonds. The first kappa shape index (κ1) is 49.7. The molecular formula is C64H30B10F2N4. The van der Waals surface area contributed by atoms with Crippen LogP contribution in [0.3, 0.4) is 0 Å². The van der Waals surface area contributed by atoms with Gasteiger partial charge < -0.3 is 18.9 Å². The maximum absolute atomic E-state index is 14.9.